The zero-order valence-electron chi connectivity index (χ0n) is 21.8. The van der Waals surface area contributed by atoms with Gasteiger partial charge in [0.05, 0.1) is 31.2 Å². The molecule has 0 bridgehead atoms. The molecular formula is C25H30Cl2N6O5S. The lowest BCUT2D eigenvalue weighted by atomic mass is 10.1. The van der Waals surface area contributed by atoms with Crippen LogP contribution >= 0.6 is 23.2 Å². The number of aliphatic imine (C=N–C) groups is 1. The summed E-state index contributed by atoms with van der Waals surface area (Å²) in [4.78, 5) is 42.9. The first-order chi connectivity index (χ1) is 18.4. The molecule has 2 aromatic rings. The van der Waals surface area contributed by atoms with E-state index in [1.165, 1.54) is 24.1 Å². The summed E-state index contributed by atoms with van der Waals surface area (Å²) in [6, 6.07) is 10.2. The van der Waals surface area contributed by atoms with Gasteiger partial charge >= 0.3 is 0 Å². The summed E-state index contributed by atoms with van der Waals surface area (Å²) in [7, 11) is -1.43. The molecule has 2 aromatic carbocycles. The maximum absolute atomic E-state index is 13.3. The van der Waals surface area contributed by atoms with Gasteiger partial charge in [0, 0.05) is 37.8 Å². The second kappa shape index (κ2) is 13.2. The fourth-order valence-electron chi connectivity index (χ4n) is 3.69. The molecular weight excluding hydrogens is 567 g/mol. The molecule has 0 atom stereocenters. The molecule has 11 nitrogen and oxygen atoms in total. The van der Waals surface area contributed by atoms with Crippen LogP contribution in [0.3, 0.4) is 0 Å². The Morgan fingerprint density at radius 2 is 1.72 bits per heavy atom. The second-order valence-corrected chi connectivity index (χ2v) is 11.5. The van der Waals surface area contributed by atoms with E-state index in [-0.39, 0.29) is 27.4 Å². The molecule has 0 fully saturated rings. The summed E-state index contributed by atoms with van der Waals surface area (Å²) in [5.41, 5.74) is 2.19. The molecule has 0 unspecified atom stereocenters. The minimum Gasteiger partial charge on any atom is -0.368 e. The molecule has 3 amide bonds. The number of nitrogens with zero attached hydrogens (tertiary/aromatic N) is 3. The van der Waals surface area contributed by atoms with Crippen LogP contribution in [0.15, 0.2) is 46.3 Å². The van der Waals surface area contributed by atoms with Crippen molar-refractivity contribution in [2.75, 3.05) is 46.8 Å². The average Bonchev–Trinajstić information content (AvgIpc) is 3.45. The Hall–Kier alpha value is -3.19. The van der Waals surface area contributed by atoms with Crippen molar-refractivity contribution in [2.24, 2.45) is 4.99 Å². The largest absolute Gasteiger partial charge is 0.368 e. The van der Waals surface area contributed by atoms with Gasteiger partial charge in [0.1, 0.15) is 10.7 Å². The summed E-state index contributed by atoms with van der Waals surface area (Å²) in [6.07, 6.45) is 0. The van der Waals surface area contributed by atoms with Gasteiger partial charge < -0.3 is 20.9 Å². The number of carbonyl (C=O) groups excluding carboxylic acids is 3. The van der Waals surface area contributed by atoms with Gasteiger partial charge in [0.15, 0.2) is 0 Å². The molecule has 0 saturated carbocycles. The fourth-order valence-corrected chi connectivity index (χ4v) is 5.82. The molecule has 3 N–H and O–H groups in total. The van der Waals surface area contributed by atoms with Gasteiger partial charge in [-0.15, -0.1) is 0 Å². The molecule has 1 aliphatic heterocycles. The molecule has 0 aromatic heterocycles. The molecule has 14 heteroatoms. The van der Waals surface area contributed by atoms with E-state index in [0.29, 0.717) is 16.4 Å². The first-order valence-electron chi connectivity index (χ1n) is 12.0. The lowest BCUT2D eigenvalue weighted by molar-refractivity contribution is -0.132. The summed E-state index contributed by atoms with van der Waals surface area (Å²) in [5, 5.41) is 8.13. The van der Waals surface area contributed by atoms with Crippen LogP contribution in [0.4, 0.5) is 0 Å². The van der Waals surface area contributed by atoms with E-state index in [1.807, 2.05) is 24.3 Å². The van der Waals surface area contributed by atoms with E-state index in [0.717, 1.165) is 30.1 Å². The van der Waals surface area contributed by atoms with E-state index in [4.69, 9.17) is 23.2 Å². The lowest BCUT2D eigenvalue weighted by Crippen LogP contribution is -2.47. The predicted octanol–water partition coefficient (Wildman–Crippen LogP) is 1.16. The maximum atomic E-state index is 13.3. The number of sulfonamides is 1. The molecule has 0 saturated heterocycles. The third-order valence-corrected chi connectivity index (χ3v) is 8.85. The number of amides is 3. The van der Waals surface area contributed by atoms with Crippen LogP contribution in [0.25, 0.3) is 0 Å². The standard InChI is InChI=1S/C25H30Cl2N6O5S/c1-16-19(26)8-9-20(24(16)27)39(37,38)33(14-21(34)28-2)15-22(35)31-12-23(36)32(3)13-17-4-6-18(7-5-17)25-29-10-11-30-25/h4-9H,10-15H2,1-3H3,(H,28,34)(H,29,30)(H,31,35). The number of carbonyl (C=O) groups is 3. The van der Waals surface area contributed by atoms with Crippen molar-refractivity contribution in [1.82, 2.24) is 25.2 Å². The van der Waals surface area contributed by atoms with Gasteiger partial charge in [0.2, 0.25) is 27.7 Å². The Bertz CT molecular complexity index is 1380. The van der Waals surface area contributed by atoms with Crippen molar-refractivity contribution >= 4 is 56.8 Å². The summed E-state index contributed by atoms with van der Waals surface area (Å²) >= 11 is 12.3. The number of likely N-dealkylation sites (N-methyl/N-ethyl adjacent to an activating group) is 2. The first kappa shape index (κ1) is 30.4. The summed E-state index contributed by atoms with van der Waals surface area (Å²) in [6.45, 7) is 1.72. The van der Waals surface area contributed by atoms with Crippen molar-refractivity contribution in [3.05, 3.63) is 63.1 Å². The van der Waals surface area contributed by atoms with Gasteiger partial charge in [-0.05, 0) is 30.2 Å². The van der Waals surface area contributed by atoms with Crippen LogP contribution in [-0.2, 0) is 31.0 Å². The molecule has 39 heavy (non-hydrogen) atoms. The SMILES string of the molecule is CNC(=O)CN(CC(=O)NCC(=O)N(C)Cc1ccc(C2=NCCN2)cc1)S(=O)(=O)c1ccc(Cl)c(C)c1Cl. The zero-order valence-corrected chi connectivity index (χ0v) is 24.1. The molecule has 210 valence electrons. The van der Waals surface area contributed by atoms with Crippen LogP contribution in [0, 0.1) is 6.92 Å². The van der Waals surface area contributed by atoms with Gasteiger partial charge in [-0.25, -0.2) is 8.42 Å². The number of amidine groups is 1. The Kier molecular flexibility index (Phi) is 10.3. The topological polar surface area (TPSA) is 140 Å². The van der Waals surface area contributed by atoms with E-state index in [2.05, 4.69) is 20.9 Å². The predicted molar refractivity (Wildman–Crippen MR) is 149 cm³/mol. The number of rotatable bonds is 11. The Morgan fingerprint density at radius 3 is 2.33 bits per heavy atom. The van der Waals surface area contributed by atoms with E-state index >= 15 is 0 Å². The average molecular weight is 598 g/mol. The van der Waals surface area contributed by atoms with Gasteiger partial charge in [0.25, 0.3) is 0 Å². The first-order valence-corrected chi connectivity index (χ1v) is 14.2. The highest BCUT2D eigenvalue weighted by Crippen LogP contribution is 2.31. The van der Waals surface area contributed by atoms with Crippen LogP contribution in [0.2, 0.25) is 10.0 Å². The van der Waals surface area contributed by atoms with E-state index in [1.54, 1.807) is 14.0 Å². The van der Waals surface area contributed by atoms with Crippen LogP contribution in [0.5, 0.6) is 0 Å². The van der Waals surface area contributed by atoms with Crippen LogP contribution in [0.1, 0.15) is 16.7 Å². The number of hydrogen-bond acceptors (Lipinski definition) is 7. The van der Waals surface area contributed by atoms with E-state index < -0.39 is 34.9 Å². The number of hydrogen-bond donors (Lipinski definition) is 3. The smallest absolute Gasteiger partial charge is 0.245 e. The number of halogens is 2. The van der Waals surface area contributed by atoms with Gasteiger partial charge in [-0.2, -0.15) is 4.31 Å². The summed E-state index contributed by atoms with van der Waals surface area (Å²) < 4.78 is 27.3. The van der Waals surface area contributed by atoms with Crippen molar-refractivity contribution in [1.29, 1.82) is 0 Å². The number of nitrogens with one attached hydrogen (secondary N) is 3. The Labute approximate surface area is 237 Å². The molecule has 0 spiro atoms. The molecule has 0 aliphatic carbocycles. The highest BCUT2D eigenvalue weighted by atomic mass is 35.5. The van der Waals surface area contributed by atoms with Crippen LogP contribution in [-0.4, -0.2) is 88.0 Å². The lowest BCUT2D eigenvalue weighted by Gasteiger charge is -2.23. The Morgan fingerprint density at radius 1 is 1.05 bits per heavy atom. The van der Waals surface area contributed by atoms with Crippen molar-refractivity contribution < 1.29 is 22.8 Å². The minimum atomic E-state index is -4.36. The number of benzene rings is 2. The second-order valence-electron chi connectivity index (χ2n) is 8.81. The van der Waals surface area contributed by atoms with Gasteiger partial charge in [-0.3, -0.25) is 19.4 Å². The quantitative estimate of drug-likeness (QED) is 0.355. The van der Waals surface area contributed by atoms with Crippen molar-refractivity contribution in [3.63, 3.8) is 0 Å². The van der Waals surface area contributed by atoms with Gasteiger partial charge in [-0.1, -0.05) is 47.5 Å². The fraction of sp³-hybridized carbons (Fsp3) is 0.360. The summed E-state index contributed by atoms with van der Waals surface area (Å²) in [5.74, 6) is -0.938. The molecule has 3 rings (SSSR count). The monoisotopic (exact) mass is 596 g/mol. The maximum Gasteiger partial charge on any atom is 0.245 e. The highest BCUT2D eigenvalue weighted by molar-refractivity contribution is 7.89. The minimum absolute atomic E-state index is 0.109. The third kappa shape index (κ3) is 7.69. The van der Waals surface area contributed by atoms with E-state index in [9.17, 15) is 22.8 Å². The molecule has 1 heterocycles. The molecule has 1 aliphatic rings. The third-order valence-electron chi connectivity index (χ3n) is 6.01. The Balaban J connectivity index is 1.62. The highest BCUT2D eigenvalue weighted by Gasteiger charge is 2.31. The zero-order chi connectivity index (χ0) is 28.7. The molecule has 0 radical (unpaired) electrons. The normalized spacial score (nSPS) is 13.0. The van der Waals surface area contributed by atoms with Crippen molar-refractivity contribution in [3.8, 4) is 0 Å². The van der Waals surface area contributed by atoms with Crippen LogP contribution < -0.4 is 16.0 Å². The van der Waals surface area contributed by atoms with Crippen molar-refractivity contribution in [2.45, 2.75) is 18.4 Å².